The summed E-state index contributed by atoms with van der Waals surface area (Å²) in [6, 6.07) is 29.3. The summed E-state index contributed by atoms with van der Waals surface area (Å²) in [5, 5.41) is 3.01. The third-order valence-corrected chi connectivity index (χ3v) is 9.62. The predicted molar refractivity (Wildman–Crippen MR) is 182 cm³/mol. The first kappa shape index (κ1) is 34.2. The number of hydrogen-bond donors (Lipinski definition) is 1. The molecule has 1 N–H and O–H groups in total. The van der Waals surface area contributed by atoms with Gasteiger partial charge < -0.3 is 15.0 Å². The number of ether oxygens (including phenoxy) is 1. The van der Waals surface area contributed by atoms with Gasteiger partial charge in [-0.25, -0.2) is 8.42 Å². The average Bonchev–Trinajstić information content (AvgIpc) is 3.06. The van der Waals surface area contributed by atoms with Crippen molar-refractivity contribution in [3.05, 3.63) is 125 Å². The second-order valence-corrected chi connectivity index (χ2v) is 13.7. The molecule has 1 unspecified atom stereocenters. The molecule has 0 fully saturated rings. The predicted octanol–water partition coefficient (Wildman–Crippen LogP) is 5.92. The molecule has 4 rings (SSSR count). The van der Waals surface area contributed by atoms with E-state index in [1.807, 2.05) is 82.3 Å². The largest absolute Gasteiger partial charge is 0.497 e. The van der Waals surface area contributed by atoms with Gasteiger partial charge in [-0.3, -0.25) is 13.9 Å². The van der Waals surface area contributed by atoms with Crippen LogP contribution in [0.5, 0.6) is 5.75 Å². The molecule has 242 valence electrons. The molecule has 0 saturated heterocycles. The van der Waals surface area contributed by atoms with E-state index >= 15 is 0 Å². The number of nitrogens with one attached hydrogen (secondary N) is 1. The third-order valence-electron chi connectivity index (χ3n) is 7.83. The number of carbonyl (C=O) groups is 2. The summed E-state index contributed by atoms with van der Waals surface area (Å²) >= 11 is 0. The lowest BCUT2D eigenvalue weighted by molar-refractivity contribution is -0.140. The Balaban J connectivity index is 1.82. The summed E-state index contributed by atoms with van der Waals surface area (Å²) in [6.45, 7) is 7.84. The number of benzene rings is 4. The van der Waals surface area contributed by atoms with E-state index in [0.717, 1.165) is 26.6 Å². The second kappa shape index (κ2) is 15.6. The number of aryl methyl sites for hydroxylation is 2. The van der Waals surface area contributed by atoms with E-state index in [1.54, 1.807) is 43.5 Å². The number of methoxy groups -OCH3 is 1. The fourth-order valence-electron chi connectivity index (χ4n) is 5.07. The summed E-state index contributed by atoms with van der Waals surface area (Å²) < 4.78 is 34.9. The number of nitrogens with zero attached hydrogens (tertiary/aromatic N) is 2. The number of rotatable bonds is 14. The Morgan fingerprint density at radius 2 is 1.46 bits per heavy atom. The lowest BCUT2D eigenvalue weighted by Gasteiger charge is -2.34. The van der Waals surface area contributed by atoms with Gasteiger partial charge in [0.15, 0.2) is 0 Å². The highest BCUT2D eigenvalue weighted by Gasteiger charge is 2.34. The highest BCUT2D eigenvalue weighted by molar-refractivity contribution is 7.92. The first-order valence-electron chi connectivity index (χ1n) is 15.4. The first-order valence-corrected chi connectivity index (χ1v) is 16.8. The molecule has 0 bridgehead atoms. The van der Waals surface area contributed by atoms with Gasteiger partial charge in [0.25, 0.3) is 10.0 Å². The van der Waals surface area contributed by atoms with Crippen molar-refractivity contribution < 1.29 is 22.7 Å². The molecular weight excluding hydrogens is 598 g/mol. The molecule has 46 heavy (non-hydrogen) atoms. The van der Waals surface area contributed by atoms with E-state index in [2.05, 4.69) is 5.32 Å². The zero-order valence-corrected chi connectivity index (χ0v) is 28.0. The highest BCUT2D eigenvalue weighted by Crippen LogP contribution is 2.27. The van der Waals surface area contributed by atoms with Crippen molar-refractivity contribution in [1.29, 1.82) is 0 Å². The third kappa shape index (κ3) is 8.75. The zero-order chi connectivity index (χ0) is 33.3. The first-order chi connectivity index (χ1) is 22.0. The summed E-state index contributed by atoms with van der Waals surface area (Å²) in [6.07, 6.45) is 0.246. The van der Waals surface area contributed by atoms with Crippen molar-refractivity contribution in [1.82, 2.24) is 10.2 Å². The van der Waals surface area contributed by atoms with Gasteiger partial charge in [-0.1, -0.05) is 80.6 Å². The summed E-state index contributed by atoms with van der Waals surface area (Å²) in [7, 11) is -2.59. The molecule has 8 nitrogen and oxygen atoms in total. The van der Waals surface area contributed by atoms with E-state index < -0.39 is 28.5 Å². The molecule has 2 amide bonds. The molecule has 0 aliphatic carbocycles. The van der Waals surface area contributed by atoms with Crippen LogP contribution in [0.1, 0.15) is 36.1 Å². The number of amides is 2. The smallest absolute Gasteiger partial charge is 0.264 e. The molecule has 0 radical (unpaired) electrons. The standard InChI is InChI=1S/C37H43N3O5S/c1-27(2)24-38-37(42)35(23-30-13-8-6-9-14-30)39(25-31-15-12-16-33(22-31)45-5)36(41)26-40(32-20-19-28(3)29(4)21-32)46(43,44)34-17-10-7-11-18-34/h6-22,27,35H,23-26H2,1-5H3,(H,38,42). The van der Waals surface area contributed by atoms with Crippen LogP contribution in [0, 0.1) is 19.8 Å². The normalized spacial score (nSPS) is 12.0. The van der Waals surface area contributed by atoms with Crippen LogP contribution >= 0.6 is 0 Å². The van der Waals surface area contributed by atoms with Crippen molar-refractivity contribution in [3.8, 4) is 5.75 Å². The minimum atomic E-state index is -4.16. The Kier molecular flexibility index (Phi) is 11.6. The van der Waals surface area contributed by atoms with Crippen LogP contribution in [0.3, 0.4) is 0 Å². The van der Waals surface area contributed by atoms with E-state index in [4.69, 9.17) is 4.74 Å². The van der Waals surface area contributed by atoms with Gasteiger partial charge >= 0.3 is 0 Å². The van der Waals surface area contributed by atoms with Crippen molar-refractivity contribution in [2.45, 2.75) is 51.6 Å². The fraction of sp³-hybridized carbons (Fsp3) is 0.297. The topological polar surface area (TPSA) is 96.0 Å². The second-order valence-electron chi connectivity index (χ2n) is 11.8. The molecule has 4 aromatic rings. The molecule has 9 heteroatoms. The maximum atomic E-state index is 14.6. The lowest BCUT2D eigenvalue weighted by Crippen LogP contribution is -2.53. The van der Waals surface area contributed by atoms with Crippen LogP contribution in [0.4, 0.5) is 5.69 Å². The molecule has 1 atom stereocenters. The average molecular weight is 642 g/mol. The van der Waals surface area contributed by atoms with E-state index in [9.17, 15) is 18.0 Å². The molecule has 0 aliphatic rings. The van der Waals surface area contributed by atoms with Crippen LogP contribution in [0.25, 0.3) is 0 Å². The van der Waals surface area contributed by atoms with Gasteiger partial charge in [-0.05, 0) is 78.4 Å². The van der Waals surface area contributed by atoms with E-state index in [1.165, 1.54) is 17.0 Å². The highest BCUT2D eigenvalue weighted by atomic mass is 32.2. The van der Waals surface area contributed by atoms with E-state index in [-0.39, 0.29) is 29.7 Å². The maximum absolute atomic E-state index is 14.6. The maximum Gasteiger partial charge on any atom is 0.264 e. The van der Waals surface area contributed by atoms with Gasteiger partial charge in [0.1, 0.15) is 18.3 Å². The summed E-state index contributed by atoms with van der Waals surface area (Å²) in [5.74, 6) is -0.0176. The Morgan fingerprint density at radius 3 is 2.09 bits per heavy atom. The van der Waals surface area contributed by atoms with Gasteiger partial charge in [-0.2, -0.15) is 0 Å². The summed E-state index contributed by atoms with van der Waals surface area (Å²) in [5.41, 5.74) is 3.87. The van der Waals surface area contributed by atoms with Crippen LogP contribution in [0.2, 0.25) is 0 Å². The molecule has 0 heterocycles. The Morgan fingerprint density at radius 1 is 0.804 bits per heavy atom. The molecular formula is C37H43N3O5S. The van der Waals surface area contributed by atoms with Gasteiger partial charge in [-0.15, -0.1) is 0 Å². The molecule has 0 aromatic heterocycles. The Hall–Kier alpha value is -4.63. The van der Waals surface area contributed by atoms with Crippen LogP contribution in [0.15, 0.2) is 108 Å². The fourth-order valence-corrected chi connectivity index (χ4v) is 6.50. The number of hydrogen-bond acceptors (Lipinski definition) is 5. The quantitative estimate of drug-likeness (QED) is 0.185. The Bertz CT molecular complexity index is 1730. The van der Waals surface area contributed by atoms with Gasteiger partial charge in [0, 0.05) is 19.5 Å². The number of anilines is 1. The number of carbonyl (C=O) groups excluding carboxylic acids is 2. The lowest BCUT2D eigenvalue weighted by atomic mass is 10.0. The summed E-state index contributed by atoms with van der Waals surface area (Å²) in [4.78, 5) is 30.1. The van der Waals surface area contributed by atoms with Crippen molar-refractivity contribution in [2.24, 2.45) is 5.92 Å². The van der Waals surface area contributed by atoms with E-state index in [0.29, 0.717) is 18.0 Å². The Labute approximate surface area is 273 Å². The van der Waals surface area contributed by atoms with Crippen LogP contribution in [-0.4, -0.2) is 51.4 Å². The SMILES string of the molecule is COc1cccc(CN(C(=O)CN(c2ccc(C)c(C)c2)S(=O)(=O)c2ccccc2)C(Cc2ccccc2)C(=O)NCC(C)C)c1. The minimum Gasteiger partial charge on any atom is -0.497 e. The van der Waals surface area contributed by atoms with Crippen molar-refractivity contribution in [3.63, 3.8) is 0 Å². The molecule has 0 saturated carbocycles. The van der Waals surface area contributed by atoms with Crippen LogP contribution in [-0.2, 0) is 32.6 Å². The zero-order valence-electron chi connectivity index (χ0n) is 27.1. The van der Waals surface area contributed by atoms with Crippen molar-refractivity contribution >= 4 is 27.5 Å². The van der Waals surface area contributed by atoms with Crippen LogP contribution < -0.4 is 14.4 Å². The molecule has 0 aliphatic heterocycles. The monoisotopic (exact) mass is 641 g/mol. The number of sulfonamides is 1. The minimum absolute atomic E-state index is 0.0643. The van der Waals surface area contributed by atoms with Gasteiger partial charge in [0.2, 0.25) is 11.8 Å². The van der Waals surface area contributed by atoms with Gasteiger partial charge in [0.05, 0.1) is 17.7 Å². The molecule has 4 aromatic carbocycles. The molecule has 0 spiro atoms. The van der Waals surface area contributed by atoms with Crippen molar-refractivity contribution in [2.75, 3.05) is 24.5 Å².